The lowest BCUT2D eigenvalue weighted by Gasteiger charge is -2.27. The zero-order valence-corrected chi connectivity index (χ0v) is 19.3. The van der Waals surface area contributed by atoms with Gasteiger partial charge in [-0.3, -0.25) is 4.99 Å². The van der Waals surface area contributed by atoms with Crippen LogP contribution in [0.1, 0.15) is 84.6 Å². The molecule has 2 rings (SSSR count). The largest absolute Gasteiger partial charge is 0.256 e. The van der Waals surface area contributed by atoms with Gasteiger partial charge in [-0.2, -0.15) is 0 Å². The topological polar surface area (TPSA) is 12.4 Å². The van der Waals surface area contributed by atoms with Crippen LogP contribution in [0.4, 0.5) is 5.69 Å². The molecule has 0 saturated heterocycles. The van der Waals surface area contributed by atoms with E-state index >= 15 is 0 Å². The number of nitrogens with zero attached hydrogens (tertiary/aromatic N) is 1. The second-order valence-corrected chi connectivity index (χ2v) is 10.9. The molecule has 0 aliphatic heterocycles. The third-order valence-corrected chi connectivity index (χ3v) is 5.37. The Bertz CT molecular complexity index is 840. The summed E-state index contributed by atoms with van der Waals surface area (Å²) >= 11 is 4.89. The van der Waals surface area contributed by atoms with E-state index in [4.69, 9.17) is 17.6 Å². The van der Waals surface area contributed by atoms with Gasteiger partial charge in [0, 0.05) is 16.7 Å². The molecule has 0 N–H and O–H groups in total. The van der Waals surface area contributed by atoms with Crippen LogP contribution in [0.5, 0.6) is 0 Å². The van der Waals surface area contributed by atoms with E-state index in [0.29, 0.717) is 0 Å². The van der Waals surface area contributed by atoms with Gasteiger partial charge in [0.15, 0.2) is 0 Å². The molecule has 0 aliphatic carbocycles. The summed E-state index contributed by atoms with van der Waals surface area (Å²) in [5.74, 6) is 0. The molecule has 27 heavy (non-hydrogen) atoms. The second-order valence-electron chi connectivity index (χ2n) is 10.5. The van der Waals surface area contributed by atoms with Crippen molar-refractivity contribution >= 4 is 24.5 Å². The van der Waals surface area contributed by atoms with Crippen LogP contribution in [0.15, 0.2) is 46.3 Å². The summed E-state index contributed by atoms with van der Waals surface area (Å²) in [6, 6.07) is 12.9. The van der Waals surface area contributed by atoms with Crippen molar-refractivity contribution in [2.24, 2.45) is 4.99 Å². The number of para-hydroxylation sites is 1. The summed E-state index contributed by atoms with van der Waals surface area (Å²) in [5, 5.41) is 0. The van der Waals surface area contributed by atoms with Crippen LogP contribution in [0, 0.1) is 0 Å². The molecule has 0 radical (unpaired) electrons. The predicted molar refractivity (Wildman–Crippen MR) is 123 cm³/mol. The minimum Gasteiger partial charge on any atom is -0.256 e. The SMILES string of the molecule is CC(C)(C)c1cc(C=Nc2ccccc2C(C)(C)C)c(S)c(C(C)(C)C)c1. The molecule has 2 aromatic rings. The molecular formula is C25H35NS. The van der Waals surface area contributed by atoms with E-state index < -0.39 is 0 Å². The summed E-state index contributed by atoms with van der Waals surface area (Å²) in [4.78, 5) is 5.90. The fourth-order valence-electron chi connectivity index (χ4n) is 3.12. The van der Waals surface area contributed by atoms with E-state index in [2.05, 4.69) is 98.7 Å². The van der Waals surface area contributed by atoms with Crippen molar-refractivity contribution in [3.63, 3.8) is 0 Å². The standard InChI is InChI=1S/C25H35NS/c1-23(2,3)18-14-17(22(27)20(15-18)25(7,8)9)16-26-21-13-11-10-12-19(21)24(4,5)6/h10-16,27H,1-9H3. The minimum absolute atomic E-state index is 0.0320. The number of hydrogen-bond acceptors (Lipinski definition) is 2. The van der Waals surface area contributed by atoms with E-state index in [1.807, 2.05) is 6.21 Å². The zero-order chi connectivity index (χ0) is 20.6. The lowest BCUT2D eigenvalue weighted by Crippen LogP contribution is -2.18. The molecule has 2 heteroatoms. The molecule has 0 bridgehead atoms. The number of rotatable bonds is 2. The third-order valence-electron chi connectivity index (χ3n) is 4.87. The van der Waals surface area contributed by atoms with Crippen LogP contribution in [0.2, 0.25) is 0 Å². The lowest BCUT2D eigenvalue weighted by molar-refractivity contribution is 0.559. The number of aliphatic imine (C=N–C) groups is 1. The van der Waals surface area contributed by atoms with Crippen LogP contribution in [0.3, 0.4) is 0 Å². The lowest BCUT2D eigenvalue weighted by atomic mass is 9.79. The Morgan fingerprint density at radius 2 is 1.30 bits per heavy atom. The molecule has 146 valence electrons. The van der Waals surface area contributed by atoms with Gasteiger partial charge >= 0.3 is 0 Å². The van der Waals surface area contributed by atoms with Gasteiger partial charge in [-0.15, -0.1) is 12.6 Å². The molecule has 0 amide bonds. The van der Waals surface area contributed by atoms with Gasteiger partial charge in [-0.05, 0) is 45.1 Å². The fourth-order valence-corrected chi connectivity index (χ4v) is 3.64. The summed E-state index contributed by atoms with van der Waals surface area (Å²) in [6.45, 7) is 20.2. The molecule has 0 unspecified atom stereocenters. The molecule has 0 aliphatic rings. The minimum atomic E-state index is 0.0320. The highest BCUT2D eigenvalue weighted by Gasteiger charge is 2.23. The average molecular weight is 382 g/mol. The van der Waals surface area contributed by atoms with Crippen molar-refractivity contribution in [3.05, 3.63) is 58.7 Å². The van der Waals surface area contributed by atoms with Crippen molar-refractivity contribution in [3.8, 4) is 0 Å². The summed E-state index contributed by atoms with van der Waals surface area (Å²) in [5.41, 5.74) is 6.11. The first-order valence-corrected chi connectivity index (χ1v) is 10.2. The highest BCUT2D eigenvalue weighted by Crippen LogP contribution is 2.36. The van der Waals surface area contributed by atoms with Crippen LogP contribution in [-0.4, -0.2) is 6.21 Å². The van der Waals surface area contributed by atoms with Crippen LogP contribution < -0.4 is 0 Å². The van der Waals surface area contributed by atoms with Gasteiger partial charge in [0.25, 0.3) is 0 Å². The Hall–Kier alpha value is -1.54. The second kappa shape index (κ2) is 7.47. The predicted octanol–water partition coefficient (Wildman–Crippen LogP) is 7.62. The van der Waals surface area contributed by atoms with E-state index in [1.165, 1.54) is 16.7 Å². The maximum absolute atomic E-state index is 4.89. The first kappa shape index (κ1) is 21.8. The van der Waals surface area contributed by atoms with Crippen molar-refractivity contribution in [2.45, 2.75) is 83.5 Å². The number of benzene rings is 2. The summed E-state index contributed by atoms with van der Waals surface area (Å²) in [6.07, 6.45) is 1.98. The summed E-state index contributed by atoms with van der Waals surface area (Å²) in [7, 11) is 0. The monoisotopic (exact) mass is 381 g/mol. The molecule has 2 aromatic carbocycles. The maximum Gasteiger partial charge on any atom is 0.0667 e. The quantitative estimate of drug-likeness (QED) is 0.406. The Kier molecular flexibility index (Phi) is 6.02. The van der Waals surface area contributed by atoms with Crippen molar-refractivity contribution in [1.82, 2.24) is 0 Å². The van der Waals surface area contributed by atoms with E-state index in [1.54, 1.807) is 0 Å². The molecule has 0 fully saturated rings. The average Bonchev–Trinajstić information content (AvgIpc) is 2.51. The van der Waals surface area contributed by atoms with Crippen molar-refractivity contribution < 1.29 is 0 Å². The van der Waals surface area contributed by atoms with Gasteiger partial charge in [0.05, 0.1) is 5.69 Å². The molecule has 0 spiro atoms. The first-order chi connectivity index (χ1) is 12.2. The van der Waals surface area contributed by atoms with Crippen LogP contribution in [-0.2, 0) is 16.2 Å². The van der Waals surface area contributed by atoms with E-state index in [0.717, 1.165) is 16.1 Å². The van der Waals surface area contributed by atoms with E-state index in [-0.39, 0.29) is 16.2 Å². The Morgan fingerprint density at radius 3 is 1.81 bits per heavy atom. The molecule has 0 aromatic heterocycles. The zero-order valence-electron chi connectivity index (χ0n) is 18.4. The van der Waals surface area contributed by atoms with Crippen molar-refractivity contribution in [1.29, 1.82) is 0 Å². The van der Waals surface area contributed by atoms with Crippen LogP contribution in [0.25, 0.3) is 0 Å². The van der Waals surface area contributed by atoms with Gasteiger partial charge in [-0.1, -0.05) is 86.6 Å². The van der Waals surface area contributed by atoms with Crippen molar-refractivity contribution in [2.75, 3.05) is 0 Å². The molecular weight excluding hydrogens is 346 g/mol. The summed E-state index contributed by atoms with van der Waals surface area (Å²) < 4.78 is 0. The number of thiol groups is 1. The van der Waals surface area contributed by atoms with Gasteiger partial charge in [0.2, 0.25) is 0 Å². The maximum atomic E-state index is 4.89. The fraction of sp³-hybridized carbons (Fsp3) is 0.480. The highest BCUT2D eigenvalue weighted by molar-refractivity contribution is 7.80. The van der Waals surface area contributed by atoms with Gasteiger partial charge in [-0.25, -0.2) is 0 Å². The first-order valence-electron chi connectivity index (χ1n) is 9.73. The molecule has 1 nitrogen and oxygen atoms in total. The Labute approximate surface area is 171 Å². The van der Waals surface area contributed by atoms with Gasteiger partial charge < -0.3 is 0 Å². The molecule has 0 saturated carbocycles. The Balaban J connectivity index is 2.62. The smallest absolute Gasteiger partial charge is 0.0667 e. The van der Waals surface area contributed by atoms with Crippen LogP contribution >= 0.6 is 12.6 Å². The Morgan fingerprint density at radius 1 is 0.741 bits per heavy atom. The molecule has 0 atom stereocenters. The third kappa shape index (κ3) is 5.25. The van der Waals surface area contributed by atoms with E-state index in [9.17, 15) is 0 Å². The normalized spacial score (nSPS) is 13.4. The molecule has 0 heterocycles. The highest BCUT2D eigenvalue weighted by atomic mass is 32.1. The number of hydrogen-bond donors (Lipinski definition) is 1. The van der Waals surface area contributed by atoms with Gasteiger partial charge in [0.1, 0.15) is 0 Å².